The van der Waals surface area contributed by atoms with Crippen molar-refractivity contribution in [3.63, 3.8) is 0 Å². The smallest absolute Gasteiger partial charge is 0.247 e. The van der Waals surface area contributed by atoms with Crippen LogP contribution in [0.15, 0.2) is 84.9 Å². The Morgan fingerprint density at radius 1 is 0.655 bits per heavy atom. The van der Waals surface area contributed by atoms with Crippen LogP contribution in [-0.2, 0) is 5.41 Å². The van der Waals surface area contributed by atoms with E-state index in [4.69, 9.17) is 0 Å². The summed E-state index contributed by atoms with van der Waals surface area (Å²) in [5, 5.41) is 2.71. The highest BCUT2D eigenvalue weighted by atomic mass is 15.0. The second-order valence-corrected chi connectivity index (χ2v) is 8.98. The van der Waals surface area contributed by atoms with Crippen molar-refractivity contribution in [2.45, 2.75) is 19.3 Å². The van der Waals surface area contributed by atoms with Crippen molar-refractivity contribution in [3.05, 3.63) is 96.1 Å². The summed E-state index contributed by atoms with van der Waals surface area (Å²) in [6.07, 6.45) is 0. The molecule has 0 bridgehead atoms. The summed E-state index contributed by atoms with van der Waals surface area (Å²) >= 11 is 0. The van der Waals surface area contributed by atoms with Crippen molar-refractivity contribution in [1.82, 2.24) is 4.57 Å². The van der Waals surface area contributed by atoms with Gasteiger partial charge in [0.05, 0.1) is 5.52 Å². The number of aromatic nitrogens is 1. The molecule has 1 aromatic heterocycles. The molecule has 2 heteroatoms. The molecule has 0 fully saturated rings. The minimum atomic E-state index is -0.00974. The molecule has 4 aromatic carbocycles. The van der Waals surface area contributed by atoms with E-state index in [0.29, 0.717) is 6.71 Å². The fraction of sp³-hybridized carbons (Fsp3) is 0.111. The van der Waals surface area contributed by atoms with Crippen molar-refractivity contribution in [1.29, 1.82) is 0 Å². The van der Waals surface area contributed by atoms with Gasteiger partial charge in [0, 0.05) is 27.4 Å². The first-order chi connectivity index (χ1) is 14.2. The molecule has 1 nitrogen and oxygen atoms in total. The van der Waals surface area contributed by atoms with Crippen LogP contribution < -0.4 is 16.4 Å². The van der Waals surface area contributed by atoms with Gasteiger partial charge in [-0.3, -0.25) is 0 Å². The lowest BCUT2D eigenvalue weighted by molar-refractivity contribution is 0.646. The fourth-order valence-electron chi connectivity index (χ4n) is 6.05. The lowest BCUT2D eigenvalue weighted by Gasteiger charge is -2.41. The molecule has 5 aromatic rings. The molecule has 0 N–H and O–H groups in total. The predicted octanol–water partition coefficient (Wildman–Crippen LogP) is 4.25. The number of para-hydroxylation sites is 2. The van der Waals surface area contributed by atoms with Gasteiger partial charge in [-0.1, -0.05) is 92.1 Å². The molecule has 2 aliphatic heterocycles. The van der Waals surface area contributed by atoms with E-state index in [2.05, 4.69) is 103 Å². The minimum absolute atomic E-state index is 0.00974. The summed E-state index contributed by atoms with van der Waals surface area (Å²) in [5.74, 6) is 0. The Bertz CT molecular complexity index is 1490. The Hall–Kier alpha value is -3.26. The lowest BCUT2D eigenvalue weighted by Crippen LogP contribution is -2.63. The predicted molar refractivity (Wildman–Crippen MR) is 124 cm³/mol. The first kappa shape index (κ1) is 15.6. The van der Waals surface area contributed by atoms with Crippen LogP contribution in [0.3, 0.4) is 0 Å². The third kappa shape index (κ3) is 1.70. The molecule has 0 aliphatic carbocycles. The van der Waals surface area contributed by atoms with E-state index in [1.54, 1.807) is 0 Å². The quantitative estimate of drug-likeness (QED) is 0.353. The van der Waals surface area contributed by atoms with Crippen molar-refractivity contribution in [3.8, 4) is 5.69 Å². The third-order valence-electron chi connectivity index (χ3n) is 7.27. The Morgan fingerprint density at radius 3 is 2.28 bits per heavy atom. The van der Waals surface area contributed by atoms with Gasteiger partial charge in [-0.25, -0.2) is 0 Å². The monoisotopic (exact) mass is 369 g/mol. The van der Waals surface area contributed by atoms with Gasteiger partial charge in [-0.15, -0.1) is 0 Å². The van der Waals surface area contributed by atoms with Crippen LogP contribution in [0, 0.1) is 0 Å². The highest BCUT2D eigenvalue weighted by Gasteiger charge is 2.44. The normalized spacial score (nSPS) is 15.4. The maximum Gasteiger partial charge on any atom is 0.247 e. The Balaban J connectivity index is 1.79. The Labute approximate surface area is 170 Å². The zero-order valence-electron chi connectivity index (χ0n) is 16.6. The maximum absolute atomic E-state index is 2.51. The van der Waals surface area contributed by atoms with Crippen molar-refractivity contribution in [2.75, 3.05) is 0 Å². The molecule has 0 atom stereocenters. The van der Waals surface area contributed by atoms with Gasteiger partial charge in [-0.05, 0) is 34.2 Å². The first-order valence-corrected chi connectivity index (χ1v) is 10.4. The summed E-state index contributed by atoms with van der Waals surface area (Å²) in [4.78, 5) is 0. The number of benzene rings is 4. The summed E-state index contributed by atoms with van der Waals surface area (Å²) in [7, 11) is 0. The number of rotatable bonds is 0. The molecule has 2 aliphatic rings. The zero-order valence-corrected chi connectivity index (χ0v) is 16.6. The van der Waals surface area contributed by atoms with Crippen LogP contribution in [-0.4, -0.2) is 11.3 Å². The highest BCUT2D eigenvalue weighted by Crippen LogP contribution is 2.40. The van der Waals surface area contributed by atoms with Gasteiger partial charge in [-0.2, -0.15) is 0 Å². The van der Waals surface area contributed by atoms with Crippen LogP contribution in [0.1, 0.15) is 25.0 Å². The summed E-state index contributed by atoms with van der Waals surface area (Å²) in [6.45, 7) is 5.06. The third-order valence-corrected chi connectivity index (χ3v) is 7.27. The molecule has 0 unspecified atom stereocenters. The maximum atomic E-state index is 2.51. The molecule has 136 valence electrons. The van der Waals surface area contributed by atoms with E-state index in [-0.39, 0.29) is 5.41 Å². The van der Waals surface area contributed by atoms with Crippen LogP contribution >= 0.6 is 0 Å². The van der Waals surface area contributed by atoms with Crippen LogP contribution in [0.4, 0.5) is 0 Å². The van der Waals surface area contributed by atoms with Gasteiger partial charge in [0.25, 0.3) is 0 Å². The highest BCUT2D eigenvalue weighted by molar-refractivity contribution is 6.99. The zero-order chi connectivity index (χ0) is 19.3. The molecule has 0 saturated carbocycles. The SMILES string of the molecule is CC1(C)c2ccccc2B2c3ccccc3-n3c4ccccc4c4ccc1c2c43. The average Bonchev–Trinajstić information content (AvgIpc) is 3.10. The molecular formula is C27H20BN. The molecular weight excluding hydrogens is 349 g/mol. The van der Waals surface area contributed by atoms with Crippen LogP contribution in [0.2, 0.25) is 0 Å². The van der Waals surface area contributed by atoms with Gasteiger partial charge < -0.3 is 4.57 Å². The van der Waals surface area contributed by atoms with E-state index in [1.165, 1.54) is 55.0 Å². The van der Waals surface area contributed by atoms with Gasteiger partial charge in [0.2, 0.25) is 6.71 Å². The van der Waals surface area contributed by atoms with Gasteiger partial charge >= 0.3 is 0 Å². The summed E-state index contributed by atoms with van der Waals surface area (Å²) in [5.41, 5.74) is 11.3. The Kier molecular flexibility index (Phi) is 2.71. The van der Waals surface area contributed by atoms with E-state index < -0.39 is 0 Å². The van der Waals surface area contributed by atoms with E-state index in [0.717, 1.165) is 0 Å². The van der Waals surface area contributed by atoms with Crippen molar-refractivity contribution < 1.29 is 0 Å². The number of fused-ring (bicyclic) bond motifs is 8. The summed E-state index contributed by atoms with van der Waals surface area (Å²) in [6, 6.07) is 31.7. The van der Waals surface area contributed by atoms with Crippen LogP contribution in [0.5, 0.6) is 0 Å². The van der Waals surface area contributed by atoms with Crippen molar-refractivity contribution in [2.24, 2.45) is 0 Å². The molecule has 0 saturated heterocycles. The van der Waals surface area contributed by atoms with Crippen molar-refractivity contribution >= 4 is 44.9 Å². The molecule has 29 heavy (non-hydrogen) atoms. The molecule has 0 radical (unpaired) electrons. The van der Waals surface area contributed by atoms with Crippen LogP contribution in [0.25, 0.3) is 27.5 Å². The van der Waals surface area contributed by atoms with E-state index >= 15 is 0 Å². The first-order valence-electron chi connectivity index (χ1n) is 10.4. The topological polar surface area (TPSA) is 4.93 Å². The van der Waals surface area contributed by atoms with E-state index in [9.17, 15) is 0 Å². The number of hydrogen-bond acceptors (Lipinski definition) is 0. The van der Waals surface area contributed by atoms with E-state index in [1.807, 2.05) is 0 Å². The molecule has 0 spiro atoms. The fourth-order valence-corrected chi connectivity index (χ4v) is 6.05. The van der Waals surface area contributed by atoms with Gasteiger partial charge in [0.15, 0.2) is 0 Å². The second-order valence-electron chi connectivity index (χ2n) is 8.98. The molecule has 0 amide bonds. The molecule has 3 heterocycles. The summed E-state index contributed by atoms with van der Waals surface area (Å²) < 4.78 is 2.51. The molecule has 7 rings (SSSR count). The van der Waals surface area contributed by atoms with Gasteiger partial charge in [0.1, 0.15) is 0 Å². The second kappa shape index (κ2) is 5.01. The Morgan fingerprint density at radius 2 is 1.38 bits per heavy atom. The number of nitrogens with zero attached hydrogens (tertiary/aromatic N) is 1. The number of hydrogen-bond donors (Lipinski definition) is 0. The largest absolute Gasteiger partial charge is 0.310 e. The average molecular weight is 369 g/mol. The lowest BCUT2D eigenvalue weighted by atomic mass is 9.30. The standard InChI is InChI=1S/C27H20BN/c1-27(2)19-10-4-5-11-21(19)28-22-12-6-8-14-24(22)29-23-13-7-3-9-17(23)18-15-16-20(27)25(28)26(18)29/h3-16H,1-2H3. The minimum Gasteiger partial charge on any atom is -0.310 e.